The Morgan fingerprint density at radius 2 is 2.10 bits per heavy atom. The summed E-state index contributed by atoms with van der Waals surface area (Å²) in [6.07, 6.45) is -4.42. The van der Waals surface area contributed by atoms with Crippen molar-refractivity contribution in [1.29, 1.82) is 0 Å². The van der Waals surface area contributed by atoms with Crippen molar-refractivity contribution in [3.8, 4) is 0 Å². The van der Waals surface area contributed by atoms with Crippen LogP contribution in [0.25, 0.3) is 10.2 Å². The van der Waals surface area contributed by atoms with Crippen LogP contribution in [0.15, 0.2) is 24.3 Å². The van der Waals surface area contributed by atoms with Crippen molar-refractivity contribution < 1.29 is 18.0 Å². The predicted octanol–water partition coefficient (Wildman–Crippen LogP) is 3.56. The number of hydrogen-bond donors (Lipinski definition) is 1. The smallest absolute Gasteiger partial charge is 0.329 e. The Balaban J connectivity index is 2.07. The lowest BCUT2D eigenvalue weighted by Crippen LogP contribution is -2.42. The summed E-state index contributed by atoms with van der Waals surface area (Å²) in [4.78, 5) is 17.3. The highest BCUT2D eigenvalue weighted by Crippen LogP contribution is 2.28. The molecule has 0 aliphatic rings. The summed E-state index contributed by atoms with van der Waals surface area (Å²) in [5.74, 6) is 0. The van der Waals surface area contributed by atoms with Gasteiger partial charge in [-0.2, -0.15) is 13.2 Å². The monoisotopic (exact) mass is 317 g/mol. The van der Waals surface area contributed by atoms with Crippen LogP contribution < -0.4 is 5.32 Å². The highest BCUT2D eigenvalue weighted by molar-refractivity contribution is 7.18. The van der Waals surface area contributed by atoms with Crippen LogP contribution >= 0.6 is 11.3 Å². The van der Waals surface area contributed by atoms with Gasteiger partial charge in [-0.1, -0.05) is 12.1 Å². The molecule has 1 heterocycles. The van der Waals surface area contributed by atoms with E-state index in [-0.39, 0.29) is 0 Å². The molecule has 114 valence electrons. The fourth-order valence-corrected chi connectivity index (χ4v) is 2.77. The van der Waals surface area contributed by atoms with Crippen LogP contribution in [0.5, 0.6) is 0 Å². The van der Waals surface area contributed by atoms with Gasteiger partial charge in [0.2, 0.25) is 0 Å². The molecule has 8 heteroatoms. The lowest BCUT2D eigenvalue weighted by molar-refractivity contribution is -0.123. The maximum atomic E-state index is 12.1. The second kappa shape index (κ2) is 5.88. The number of nitrogens with zero attached hydrogens (tertiary/aromatic N) is 2. The van der Waals surface area contributed by atoms with E-state index in [1.165, 1.54) is 23.3 Å². The molecule has 0 saturated carbocycles. The third-order valence-electron chi connectivity index (χ3n) is 3.01. The molecule has 4 nitrogen and oxygen atoms in total. The number of amides is 2. The molecule has 0 bridgehead atoms. The number of carbonyl (C=O) groups is 1. The molecule has 1 atom stereocenters. The van der Waals surface area contributed by atoms with Gasteiger partial charge in [-0.05, 0) is 19.1 Å². The van der Waals surface area contributed by atoms with E-state index in [0.717, 1.165) is 10.2 Å². The highest BCUT2D eigenvalue weighted by atomic mass is 32.1. The first-order valence-corrected chi connectivity index (χ1v) is 7.02. The molecule has 1 aromatic carbocycles. The third kappa shape index (κ3) is 3.84. The SMILES string of the molecule is C[C@H](c1nc2ccccc2s1)N(C)C(=O)NCC(F)(F)F. The first-order chi connectivity index (χ1) is 9.78. The Kier molecular flexibility index (Phi) is 4.36. The van der Waals surface area contributed by atoms with Gasteiger partial charge in [-0.15, -0.1) is 11.3 Å². The Morgan fingerprint density at radius 3 is 2.71 bits per heavy atom. The van der Waals surface area contributed by atoms with E-state index in [4.69, 9.17) is 0 Å². The maximum absolute atomic E-state index is 12.1. The van der Waals surface area contributed by atoms with Crippen LogP contribution in [0.3, 0.4) is 0 Å². The Hall–Kier alpha value is -1.83. The zero-order chi connectivity index (χ0) is 15.6. The number of thiazole rings is 1. The fraction of sp³-hybridized carbons (Fsp3) is 0.385. The summed E-state index contributed by atoms with van der Waals surface area (Å²) >= 11 is 1.42. The molecule has 0 unspecified atom stereocenters. The Bertz CT molecular complexity index is 608. The quantitative estimate of drug-likeness (QED) is 0.941. The van der Waals surface area contributed by atoms with Gasteiger partial charge >= 0.3 is 12.2 Å². The van der Waals surface area contributed by atoms with E-state index in [2.05, 4.69) is 4.98 Å². The number of aromatic nitrogens is 1. The van der Waals surface area contributed by atoms with E-state index in [1.807, 2.05) is 29.6 Å². The summed E-state index contributed by atoms with van der Waals surface area (Å²) in [6.45, 7) is 0.383. The normalized spacial score (nSPS) is 13.2. The van der Waals surface area contributed by atoms with Gasteiger partial charge in [-0.25, -0.2) is 9.78 Å². The summed E-state index contributed by atoms with van der Waals surface area (Å²) in [5, 5.41) is 2.53. The molecule has 1 N–H and O–H groups in total. The molecule has 0 saturated heterocycles. The van der Waals surface area contributed by atoms with E-state index >= 15 is 0 Å². The number of rotatable bonds is 3. The van der Waals surface area contributed by atoms with Crippen molar-refractivity contribution in [3.63, 3.8) is 0 Å². The molecule has 0 fully saturated rings. The highest BCUT2D eigenvalue weighted by Gasteiger charge is 2.29. The van der Waals surface area contributed by atoms with Gasteiger partial charge in [0.05, 0.1) is 16.3 Å². The zero-order valence-corrected chi connectivity index (χ0v) is 12.3. The number of hydrogen-bond acceptors (Lipinski definition) is 3. The van der Waals surface area contributed by atoms with Crippen LogP contribution in [0.1, 0.15) is 18.0 Å². The molecular weight excluding hydrogens is 303 g/mol. The second-order valence-corrected chi connectivity index (χ2v) is 5.64. The van der Waals surface area contributed by atoms with Crippen molar-refractivity contribution in [1.82, 2.24) is 15.2 Å². The third-order valence-corrected chi connectivity index (χ3v) is 4.22. The van der Waals surface area contributed by atoms with E-state index in [9.17, 15) is 18.0 Å². The molecule has 2 aromatic rings. The van der Waals surface area contributed by atoms with Crippen molar-refractivity contribution in [2.45, 2.75) is 19.1 Å². The number of benzene rings is 1. The number of alkyl halides is 3. The van der Waals surface area contributed by atoms with Gasteiger partial charge in [-0.3, -0.25) is 0 Å². The molecule has 2 rings (SSSR count). The molecule has 0 aliphatic heterocycles. The Morgan fingerprint density at radius 1 is 1.43 bits per heavy atom. The number of urea groups is 1. The van der Waals surface area contributed by atoms with Crippen LogP contribution in [0.2, 0.25) is 0 Å². The number of carbonyl (C=O) groups excluding carboxylic acids is 1. The minimum Gasteiger partial charge on any atom is -0.329 e. The number of nitrogens with one attached hydrogen (secondary N) is 1. The van der Waals surface area contributed by atoms with E-state index in [1.54, 1.807) is 6.92 Å². The predicted molar refractivity (Wildman–Crippen MR) is 75.3 cm³/mol. The molecule has 0 radical (unpaired) electrons. The molecular formula is C13H14F3N3OS. The van der Waals surface area contributed by atoms with Gasteiger partial charge in [0.1, 0.15) is 11.6 Å². The molecule has 0 spiro atoms. The van der Waals surface area contributed by atoms with Crippen LogP contribution in [-0.4, -0.2) is 35.7 Å². The first-order valence-electron chi connectivity index (χ1n) is 6.21. The molecule has 2 amide bonds. The zero-order valence-electron chi connectivity index (χ0n) is 11.4. The fourth-order valence-electron chi connectivity index (χ4n) is 1.71. The van der Waals surface area contributed by atoms with Crippen molar-refractivity contribution in [2.75, 3.05) is 13.6 Å². The lowest BCUT2D eigenvalue weighted by atomic mass is 10.3. The first kappa shape index (κ1) is 15.6. The van der Waals surface area contributed by atoms with Crippen molar-refractivity contribution in [3.05, 3.63) is 29.3 Å². The van der Waals surface area contributed by atoms with Crippen molar-refractivity contribution in [2.24, 2.45) is 0 Å². The standard InChI is InChI=1S/C13H14F3N3OS/c1-8(19(2)12(20)17-7-13(14,15)16)11-18-9-5-3-4-6-10(9)21-11/h3-6,8H,7H2,1-2H3,(H,17,20)/t8-/m1/s1. The average Bonchev–Trinajstić information content (AvgIpc) is 2.86. The number of halogens is 3. The van der Waals surface area contributed by atoms with Gasteiger partial charge in [0.25, 0.3) is 0 Å². The largest absolute Gasteiger partial charge is 0.405 e. The lowest BCUT2D eigenvalue weighted by Gasteiger charge is -2.23. The van der Waals surface area contributed by atoms with E-state index < -0.39 is 24.8 Å². The van der Waals surface area contributed by atoms with E-state index in [0.29, 0.717) is 5.01 Å². The van der Waals surface area contributed by atoms with Gasteiger partial charge < -0.3 is 10.2 Å². The second-order valence-electron chi connectivity index (χ2n) is 4.58. The summed E-state index contributed by atoms with van der Waals surface area (Å²) in [5.41, 5.74) is 0.813. The maximum Gasteiger partial charge on any atom is 0.405 e. The van der Waals surface area contributed by atoms with Gasteiger partial charge in [0.15, 0.2) is 0 Å². The summed E-state index contributed by atoms with van der Waals surface area (Å²) < 4.78 is 37.3. The number of para-hydroxylation sites is 1. The molecule has 0 aliphatic carbocycles. The minimum absolute atomic E-state index is 0.407. The minimum atomic E-state index is -4.42. The molecule has 1 aromatic heterocycles. The van der Waals surface area contributed by atoms with Gasteiger partial charge in [0, 0.05) is 7.05 Å². The number of fused-ring (bicyclic) bond motifs is 1. The van der Waals surface area contributed by atoms with Crippen LogP contribution in [0, 0.1) is 0 Å². The van der Waals surface area contributed by atoms with Crippen LogP contribution in [0.4, 0.5) is 18.0 Å². The Labute approximate surface area is 123 Å². The summed E-state index contributed by atoms with van der Waals surface area (Å²) in [6, 6.07) is 6.32. The van der Waals surface area contributed by atoms with Crippen LogP contribution in [-0.2, 0) is 0 Å². The van der Waals surface area contributed by atoms with Crippen molar-refractivity contribution >= 4 is 27.6 Å². The molecule has 21 heavy (non-hydrogen) atoms. The average molecular weight is 317 g/mol. The topological polar surface area (TPSA) is 45.2 Å². The summed E-state index contributed by atoms with van der Waals surface area (Å²) in [7, 11) is 1.45.